The van der Waals surface area contributed by atoms with Crippen LogP contribution < -0.4 is 31.1 Å². The fourth-order valence-corrected chi connectivity index (χ4v) is 18.4. The molecule has 90 heavy (non-hydrogen) atoms. The number of furan rings is 1. The Morgan fingerprint density at radius 1 is 0.389 bits per heavy atom. The lowest BCUT2D eigenvalue weighted by Crippen LogP contribution is -2.61. The number of fused-ring (bicyclic) bond motifs is 19. The molecule has 6 aliphatic carbocycles. The molecule has 0 fully saturated rings. The maximum absolute atomic E-state index is 11.9. The summed E-state index contributed by atoms with van der Waals surface area (Å²) in [7, 11) is 0. The Hall–Kier alpha value is -7.54. The molecular formula is C84H82BN3OS. The molecule has 4 nitrogen and oxygen atoms in total. The first-order chi connectivity index (χ1) is 52.1. The molecule has 2 aliphatic heterocycles. The second kappa shape index (κ2) is 17.7. The van der Waals surface area contributed by atoms with Gasteiger partial charge in [-0.2, -0.15) is 0 Å². The average Bonchev–Trinajstić information content (AvgIpc) is 1.06. The van der Waals surface area contributed by atoms with Crippen molar-refractivity contribution in [1.29, 1.82) is 0 Å². The van der Waals surface area contributed by atoms with E-state index in [4.69, 9.17) is 4.42 Å². The summed E-state index contributed by atoms with van der Waals surface area (Å²) in [6.45, 7) is 22.3. The van der Waals surface area contributed by atoms with Crippen LogP contribution in [0.5, 0.6) is 0 Å². The molecule has 0 bridgehead atoms. The molecule has 4 heterocycles. The molecule has 8 aliphatic rings. The number of rotatable bonds is 5. The van der Waals surface area contributed by atoms with Crippen molar-refractivity contribution in [3.05, 3.63) is 200 Å². The molecule has 448 valence electrons. The topological polar surface area (TPSA) is 22.9 Å². The Kier molecular flexibility index (Phi) is 7.19. The minimum Gasteiger partial charge on any atom is -0.454 e. The zero-order chi connectivity index (χ0) is 80.4. The van der Waals surface area contributed by atoms with Gasteiger partial charge in [-0.25, -0.2) is 0 Å². The molecule has 0 atom stereocenters. The maximum Gasteiger partial charge on any atom is 0.252 e. The molecule has 2 aromatic heterocycles. The van der Waals surface area contributed by atoms with Gasteiger partial charge in [-0.1, -0.05) is 131 Å². The zero-order valence-corrected chi connectivity index (χ0v) is 54.0. The molecule has 0 N–H and O–H groups in total. The summed E-state index contributed by atoms with van der Waals surface area (Å²) in [6, 6.07) is -8.53. The first-order valence-electron chi connectivity index (χ1n) is 43.2. The van der Waals surface area contributed by atoms with Crippen LogP contribution in [0.15, 0.2) is 137 Å². The van der Waals surface area contributed by atoms with Crippen LogP contribution in [-0.4, -0.2) is 6.71 Å². The number of hydrogen-bond donors (Lipinski definition) is 0. The van der Waals surface area contributed by atoms with E-state index in [9.17, 15) is 30.2 Å². The van der Waals surface area contributed by atoms with E-state index < -0.39 is 110 Å². The number of nitrogens with zero attached hydrogens (tertiary/aromatic N) is 3. The second-order valence-corrected chi connectivity index (χ2v) is 33.5. The van der Waals surface area contributed by atoms with Gasteiger partial charge in [0.05, 0.1) is 41.5 Å². The highest BCUT2D eigenvalue weighted by molar-refractivity contribution is 7.26. The Bertz CT molecular complexity index is 6300. The van der Waals surface area contributed by atoms with Gasteiger partial charge in [-0.05, 0) is 277 Å². The van der Waals surface area contributed by atoms with Crippen LogP contribution in [-0.2, 0) is 77.0 Å². The average molecular weight is 1210 g/mol. The van der Waals surface area contributed by atoms with E-state index >= 15 is 0 Å². The molecule has 9 aromatic carbocycles. The Labute approximate surface area is 567 Å². The highest BCUT2D eigenvalue weighted by Crippen LogP contribution is 2.56. The van der Waals surface area contributed by atoms with Gasteiger partial charge in [0, 0.05) is 70.8 Å². The Balaban J connectivity index is 1.10. The predicted molar refractivity (Wildman–Crippen MR) is 382 cm³/mol. The summed E-state index contributed by atoms with van der Waals surface area (Å²) in [5.74, 6) is 0. The zero-order valence-electron chi connectivity index (χ0n) is 75.2. The third-order valence-electron chi connectivity index (χ3n) is 20.9. The van der Waals surface area contributed by atoms with E-state index in [0.29, 0.717) is 103 Å². The SMILES string of the molecule is [2H]c1c([2H])c(N(c2c([2H])c([2H])c3c(c2[2H])CC(C)(C)C3)c2c([2H])c3c4c(c2[2H])N(c2c([2H])c([2H])c5c(c2[2H])CC(C)(C)C5)c2c(c([2H])c([2H])c5c2oc2c([2H])c([2H])c6c(c25)CC(C)(C)C6)B4c2c(c([2H])c4c(sc5c([2H])c([2H])c6c(c54)CC(C)(C)C6)c2[2H])N3c2c([2H])c([2H])c3c(c2[2H])CC(C)(C)C3)c([2H])c2c1CC(C)(C)C2. The standard InChI is InChI=1S/C84H82BN3OS/c1-79(2)35-47-13-19-57(27-53(47)41-79)86(58-20-14-48-36-80(3,4)42-54(48)28-58)61-31-69-76-70(32-61)88(60-22-16-50-38-82(7,8)44-56(50)30-60)77-66(24-23-62-74-64-45-83(9,10)39-51(64)17-25-71(74)89-78(62)77)85(76)67-34-73-63(75-65-46-84(11,12)40-52(65)18-26-72(75)90-73)33-68(67)87(69)59-21-15-49-37-81(5,6)43-55(49)29-59/h13-34H,35-46H2,1-12H3/i13D,14D,15D,16D,17D,18D,19D,20D,21D,22D,23D,24D,25D,26D,27D,28D,29D,30D,31D,32D,33D,34D. The highest BCUT2D eigenvalue weighted by Gasteiger charge is 2.48. The lowest BCUT2D eigenvalue weighted by Gasteiger charge is -2.45. The molecule has 0 radical (unpaired) electrons. The van der Waals surface area contributed by atoms with Crippen molar-refractivity contribution in [1.82, 2.24) is 0 Å². The highest BCUT2D eigenvalue weighted by atomic mass is 32.1. The van der Waals surface area contributed by atoms with Gasteiger partial charge in [-0.3, -0.25) is 0 Å². The quantitative estimate of drug-likeness (QED) is 0.160. The van der Waals surface area contributed by atoms with Crippen molar-refractivity contribution in [3.8, 4) is 0 Å². The van der Waals surface area contributed by atoms with Crippen molar-refractivity contribution in [2.75, 3.05) is 14.7 Å². The molecule has 11 aromatic rings. The Morgan fingerprint density at radius 2 is 0.856 bits per heavy atom. The summed E-state index contributed by atoms with van der Waals surface area (Å²) in [5.41, 5.74) is -2.01. The van der Waals surface area contributed by atoms with Gasteiger partial charge in [0.15, 0.2) is 5.58 Å². The Morgan fingerprint density at radius 3 is 1.43 bits per heavy atom. The molecular weight excluding hydrogens is 1110 g/mol. The van der Waals surface area contributed by atoms with Crippen molar-refractivity contribution < 1.29 is 34.6 Å². The number of thiophene rings is 1. The van der Waals surface area contributed by atoms with Crippen LogP contribution in [0, 0.1) is 32.5 Å². The monoisotopic (exact) mass is 1210 g/mol. The van der Waals surface area contributed by atoms with Gasteiger partial charge in [0.2, 0.25) is 0 Å². The number of hydrogen-bond acceptors (Lipinski definition) is 5. The molecule has 0 saturated heterocycles. The second-order valence-electron chi connectivity index (χ2n) is 32.4. The third kappa shape index (κ3) is 8.04. The largest absolute Gasteiger partial charge is 0.454 e. The summed E-state index contributed by atoms with van der Waals surface area (Å²) < 4.78 is 241. The molecule has 0 spiro atoms. The van der Waals surface area contributed by atoms with Crippen LogP contribution in [0.1, 0.15) is 180 Å². The van der Waals surface area contributed by atoms with Gasteiger partial charge in [0.1, 0.15) is 5.58 Å². The van der Waals surface area contributed by atoms with E-state index in [1.165, 1.54) is 9.80 Å². The minimum absolute atomic E-state index is 0.00660. The molecule has 6 heteroatoms. The van der Waals surface area contributed by atoms with Crippen molar-refractivity contribution in [3.63, 3.8) is 0 Å². The third-order valence-corrected chi connectivity index (χ3v) is 21.9. The summed E-state index contributed by atoms with van der Waals surface area (Å²) in [5, 5.41) is 0.841. The van der Waals surface area contributed by atoms with Crippen LogP contribution >= 0.6 is 11.3 Å². The van der Waals surface area contributed by atoms with Gasteiger partial charge in [0.25, 0.3) is 6.71 Å². The van der Waals surface area contributed by atoms with E-state index in [-0.39, 0.29) is 213 Å². The summed E-state index contributed by atoms with van der Waals surface area (Å²) in [6.07, 6.45) is 3.51. The van der Waals surface area contributed by atoms with E-state index in [2.05, 4.69) is 13.8 Å². The van der Waals surface area contributed by atoms with E-state index in [0.717, 1.165) is 16.2 Å². The number of benzene rings is 9. The van der Waals surface area contributed by atoms with Crippen molar-refractivity contribution in [2.45, 2.75) is 160 Å². The fraction of sp³-hybridized carbons (Fsp3) is 0.357. The molecule has 0 unspecified atom stereocenters. The maximum atomic E-state index is 11.9. The predicted octanol–water partition coefficient (Wildman–Crippen LogP) is 20.3. The first kappa shape index (κ1) is 36.5. The van der Waals surface area contributed by atoms with Crippen molar-refractivity contribution in [2.24, 2.45) is 32.5 Å². The smallest absolute Gasteiger partial charge is 0.252 e. The molecule has 19 rings (SSSR count). The van der Waals surface area contributed by atoms with Gasteiger partial charge in [-0.15, -0.1) is 11.3 Å². The van der Waals surface area contributed by atoms with E-state index in [1.54, 1.807) is 0 Å². The fourth-order valence-electron chi connectivity index (χ4n) is 17.3. The lowest BCUT2D eigenvalue weighted by molar-refractivity contribution is 0.392. The molecule has 0 amide bonds. The normalized spacial score (nSPS) is 23.4. The van der Waals surface area contributed by atoms with Crippen LogP contribution in [0.4, 0.5) is 51.2 Å². The lowest BCUT2D eigenvalue weighted by atomic mass is 9.33. The molecule has 0 saturated carbocycles. The van der Waals surface area contributed by atoms with Gasteiger partial charge < -0.3 is 19.1 Å². The first-order valence-corrected chi connectivity index (χ1v) is 33.0. The summed E-state index contributed by atoms with van der Waals surface area (Å²) >= 11 is 1.03. The number of anilines is 9. The van der Waals surface area contributed by atoms with Crippen LogP contribution in [0.2, 0.25) is 0 Å². The van der Waals surface area contributed by atoms with Crippen molar-refractivity contribution >= 4 is 128 Å². The summed E-state index contributed by atoms with van der Waals surface area (Å²) in [4.78, 5) is 3.84. The van der Waals surface area contributed by atoms with Crippen LogP contribution in [0.25, 0.3) is 42.1 Å². The van der Waals surface area contributed by atoms with Gasteiger partial charge >= 0.3 is 0 Å². The van der Waals surface area contributed by atoms with E-state index in [1.807, 2.05) is 69.2 Å². The minimum atomic E-state index is -1.77. The van der Waals surface area contributed by atoms with Crippen LogP contribution in [0.3, 0.4) is 0 Å².